The summed E-state index contributed by atoms with van der Waals surface area (Å²) < 4.78 is 47.9. The van der Waals surface area contributed by atoms with Gasteiger partial charge in [-0.1, -0.05) is 31.2 Å². The van der Waals surface area contributed by atoms with Gasteiger partial charge in [0.2, 0.25) is 0 Å². The van der Waals surface area contributed by atoms with Gasteiger partial charge in [-0.05, 0) is 28.5 Å². The van der Waals surface area contributed by atoms with E-state index < -0.39 is 28.0 Å². The maximum absolute atomic E-state index is 11.5. The molecule has 8 nitrogen and oxygen atoms in total. The van der Waals surface area contributed by atoms with E-state index in [-0.39, 0.29) is 13.2 Å². The average Bonchev–Trinajstić information content (AvgIpc) is 2.74. The van der Waals surface area contributed by atoms with Crippen molar-refractivity contribution in [1.82, 2.24) is 0 Å². The fourth-order valence-corrected chi connectivity index (χ4v) is 3.70. The van der Waals surface area contributed by atoms with Crippen LogP contribution in [0.15, 0.2) is 36.4 Å². The standard InChI is InChI=1S/C18H26O8P2/c1-13(14-5-6-16-10-17(22-2)8-7-15(16)9-14)18(19,11-25-27(20)23-3)12-26-28(21)24-4/h5-10,13,19,27-28H,11-12H2,1-4H3. The van der Waals surface area contributed by atoms with Crippen molar-refractivity contribution in [3.8, 4) is 5.75 Å². The molecule has 156 valence electrons. The van der Waals surface area contributed by atoms with Crippen LogP contribution in [0, 0.1) is 0 Å². The van der Waals surface area contributed by atoms with E-state index in [2.05, 4.69) is 9.05 Å². The summed E-state index contributed by atoms with van der Waals surface area (Å²) >= 11 is 0. The molecule has 0 radical (unpaired) electrons. The second-order valence-corrected chi connectivity index (χ2v) is 8.68. The molecule has 0 spiro atoms. The number of rotatable bonds is 11. The van der Waals surface area contributed by atoms with Crippen LogP contribution in [0.2, 0.25) is 0 Å². The fourth-order valence-electron chi connectivity index (χ4n) is 2.73. The lowest BCUT2D eigenvalue weighted by Gasteiger charge is -2.33. The zero-order valence-corrected chi connectivity index (χ0v) is 18.3. The molecule has 3 unspecified atom stereocenters. The molecule has 0 heterocycles. The molecule has 2 aromatic carbocycles. The van der Waals surface area contributed by atoms with Crippen molar-refractivity contribution in [3.63, 3.8) is 0 Å². The van der Waals surface area contributed by atoms with Crippen LogP contribution >= 0.6 is 16.5 Å². The first-order valence-electron chi connectivity index (χ1n) is 8.54. The third-order valence-electron chi connectivity index (χ3n) is 4.59. The third-order valence-corrected chi connectivity index (χ3v) is 6.02. The van der Waals surface area contributed by atoms with E-state index in [1.54, 1.807) is 14.0 Å². The molecule has 0 saturated carbocycles. The Morgan fingerprint density at radius 2 is 1.46 bits per heavy atom. The Morgan fingerprint density at radius 3 is 2.00 bits per heavy atom. The summed E-state index contributed by atoms with van der Waals surface area (Å²) in [5.74, 6) is 0.262. The van der Waals surface area contributed by atoms with Crippen molar-refractivity contribution >= 4 is 27.3 Å². The van der Waals surface area contributed by atoms with E-state index in [0.29, 0.717) is 0 Å². The minimum absolute atomic E-state index is 0.320. The Morgan fingerprint density at radius 1 is 0.929 bits per heavy atom. The molecule has 0 aliphatic carbocycles. The summed E-state index contributed by atoms with van der Waals surface area (Å²) in [6.07, 6.45) is 0. The Kier molecular flexibility index (Phi) is 8.65. The Hall–Kier alpha value is -1.24. The molecule has 0 aromatic heterocycles. The topological polar surface area (TPSA) is 101 Å². The second-order valence-electron chi connectivity index (χ2n) is 6.28. The van der Waals surface area contributed by atoms with Crippen LogP contribution in [0.1, 0.15) is 18.4 Å². The minimum Gasteiger partial charge on any atom is -0.497 e. The van der Waals surface area contributed by atoms with Crippen LogP contribution in [0.3, 0.4) is 0 Å². The third kappa shape index (κ3) is 5.88. The number of hydrogen-bond donors (Lipinski definition) is 1. The number of aliphatic hydroxyl groups is 1. The van der Waals surface area contributed by atoms with Crippen molar-refractivity contribution < 1.29 is 37.1 Å². The summed E-state index contributed by atoms with van der Waals surface area (Å²) in [4.78, 5) is 0. The molecular formula is C18H26O8P2. The first kappa shape index (κ1) is 23.0. The van der Waals surface area contributed by atoms with Crippen LogP contribution in [0.4, 0.5) is 0 Å². The van der Waals surface area contributed by atoms with Crippen molar-refractivity contribution in [2.75, 3.05) is 34.5 Å². The van der Waals surface area contributed by atoms with Crippen molar-refractivity contribution in [1.29, 1.82) is 0 Å². The van der Waals surface area contributed by atoms with Gasteiger partial charge >= 0.3 is 16.5 Å². The van der Waals surface area contributed by atoms with Gasteiger partial charge in [0, 0.05) is 20.1 Å². The van der Waals surface area contributed by atoms with Crippen LogP contribution in [0.5, 0.6) is 5.75 Å². The van der Waals surface area contributed by atoms with Gasteiger partial charge in [-0.15, -0.1) is 0 Å². The summed E-state index contributed by atoms with van der Waals surface area (Å²) in [6, 6.07) is 11.4. The molecule has 0 fully saturated rings. The molecule has 3 atom stereocenters. The minimum atomic E-state index is -2.74. The number of benzene rings is 2. The highest BCUT2D eigenvalue weighted by Crippen LogP contribution is 2.36. The van der Waals surface area contributed by atoms with Gasteiger partial charge in [-0.2, -0.15) is 0 Å². The zero-order chi connectivity index (χ0) is 20.7. The van der Waals surface area contributed by atoms with E-state index in [0.717, 1.165) is 22.1 Å². The lowest BCUT2D eigenvalue weighted by molar-refractivity contribution is -0.0581. The summed E-state index contributed by atoms with van der Waals surface area (Å²) in [7, 11) is -1.37. The van der Waals surface area contributed by atoms with Gasteiger partial charge in [0.1, 0.15) is 11.4 Å². The summed E-state index contributed by atoms with van der Waals surface area (Å²) in [5.41, 5.74) is -0.792. The van der Waals surface area contributed by atoms with E-state index >= 15 is 0 Å². The van der Waals surface area contributed by atoms with Crippen molar-refractivity contribution in [2.45, 2.75) is 18.4 Å². The quantitative estimate of drug-likeness (QED) is 0.536. The Balaban J connectivity index is 2.30. The predicted octanol–water partition coefficient (Wildman–Crippen LogP) is 3.79. The summed E-state index contributed by atoms with van der Waals surface area (Å²) in [5, 5.41) is 13.1. The monoisotopic (exact) mass is 432 g/mol. The number of ether oxygens (including phenoxy) is 1. The summed E-state index contributed by atoms with van der Waals surface area (Å²) in [6.45, 7) is 1.14. The van der Waals surface area contributed by atoms with Gasteiger partial charge in [0.05, 0.1) is 20.3 Å². The SMILES string of the molecule is COc1ccc2cc(C(C)C(O)(CO[PH](=O)OC)CO[PH](=O)OC)ccc2c1. The molecule has 0 saturated heterocycles. The van der Waals surface area contributed by atoms with E-state index in [1.807, 2.05) is 36.4 Å². The first-order chi connectivity index (χ1) is 13.3. The number of methoxy groups -OCH3 is 1. The lowest BCUT2D eigenvalue weighted by atomic mass is 9.84. The molecular weight excluding hydrogens is 406 g/mol. The Labute approximate surface area is 165 Å². The first-order valence-corrected chi connectivity index (χ1v) is 11.0. The molecule has 10 heteroatoms. The smallest absolute Gasteiger partial charge is 0.318 e. The van der Waals surface area contributed by atoms with Crippen LogP contribution in [-0.2, 0) is 27.2 Å². The van der Waals surface area contributed by atoms with E-state index in [1.165, 1.54) is 14.2 Å². The van der Waals surface area contributed by atoms with Crippen LogP contribution in [0.25, 0.3) is 10.8 Å². The highest BCUT2D eigenvalue weighted by Gasteiger charge is 2.37. The van der Waals surface area contributed by atoms with Crippen LogP contribution in [-0.4, -0.2) is 45.3 Å². The van der Waals surface area contributed by atoms with E-state index in [9.17, 15) is 14.2 Å². The largest absolute Gasteiger partial charge is 0.497 e. The Bertz CT molecular complexity index is 821. The van der Waals surface area contributed by atoms with Gasteiger partial charge in [-0.25, -0.2) is 0 Å². The molecule has 28 heavy (non-hydrogen) atoms. The number of fused-ring (bicyclic) bond motifs is 1. The van der Waals surface area contributed by atoms with Gasteiger partial charge in [-0.3, -0.25) is 9.13 Å². The lowest BCUT2D eigenvalue weighted by Crippen LogP contribution is -2.43. The van der Waals surface area contributed by atoms with E-state index in [4.69, 9.17) is 13.8 Å². The number of hydrogen-bond acceptors (Lipinski definition) is 8. The maximum Gasteiger partial charge on any atom is 0.318 e. The molecule has 2 rings (SSSR count). The maximum atomic E-state index is 11.5. The van der Waals surface area contributed by atoms with Gasteiger partial charge in [0.25, 0.3) is 0 Å². The molecule has 0 aliphatic heterocycles. The molecule has 0 aliphatic rings. The molecule has 0 amide bonds. The normalized spacial score (nSPS) is 17.0. The molecule has 2 aromatic rings. The van der Waals surface area contributed by atoms with Crippen molar-refractivity contribution in [2.24, 2.45) is 0 Å². The van der Waals surface area contributed by atoms with Crippen LogP contribution < -0.4 is 4.74 Å². The van der Waals surface area contributed by atoms with Gasteiger partial charge in [0.15, 0.2) is 0 Å². The van der Waals surface area contributed by atoms with Gasteiger partial charge < -0.3 is 27.9 Å². The molecule has 0 bridgehead atoms. The predicted molar refractivity (Wildman–Crippen MR) is 108 cm³/mol. The van der Waals surface area contributed by atoms with Crippen molar-refractivity contribution in [3.05, 3.63) is 42.0 Å². The zero-order valence-electron chi connectivity index (χ0n) is 16.3. The fraction of sp³-hybridized carbons (Fsp3) is 0.444. The molecule has 1 N–H and O–H groups in total. The second kappa shape index (κ2) is 10.5. The average molecular weight is 432 g/mol. The highest BCUT2D eigenvalue weighted by molar-refractivity contribution is 7.33. The highest BCUT2D eigenvalue weighted by atomic mass is 31.1.